The highest BCUT2D eigenvalue weighted by Gasteiger charge is 2.09. The Bertz CT molecular complexity index is 323. The van der Waals surface area contributed by atoms with E-state index in [2.05, 4.69) is 27.5 Å². The zero-order chi connectivity index (χ0) is 11.8. The summed E-state index contributed by atoms with van der Waals surface area (Å²) in [6, 6.07) is -1.09. The van der Waals surface area contributed by atoms with Crippen LogP contribution in [0.4, 0.5) is 4.79 Å². The van der Waals surface area contributed by atoms with Gasteiger partial charge in [-0.25, -0.2) is 9.59 Å². The van der Waals surface area contributed by atoms with Gasteiger partial charge in [0.05, 0.1) is 0 Å². The molecule has 4 N–H and O–H groups in total. The maximum absolute atomic E-state index is 11.0. The predicted molar refractivity (Wildman–Crippen MR) is 48.1 cm³/mol. The lowest BCUT2D eigenvalue weighted by Gasteiger charge is -1.98. The summed E-state index contributed by atoms with van der Waals surface area (Å²) in [5, 5.41) is 5.47. The predicted octanol–water partition coefficient (Wildman–Crippen LogP) is -0.203. The van der Waals surface area contributed by atoms with Crippen LogP contribution in [-0.4, -0.2) is 17.9 Å². The van der Waals surface area contributed by atoms with Gasteiger partial charge in [0.2, 0.25) is 5.91 Å². The number of urea groups is 1. The SMILES string of the molecule is C=C(CCC(N)=O)C(=O)ON=NC(N)=O. The smallest absolute Gasteiger partial charge is 0.363 e. The van der Waals surface area contributed by atoms with E-state index in [0.717, 1.165) is 0 Å². The van der Waals surface area contributed by atoms with Gasteiger partial charge in [-0.1, -0.05) is 11.7 Å². The van der Waals surface area contributed by atoms with Crippen LogP contribution in [0.3, 0.4) is 0 Å². The minimum absolute atomic E-state index is 0.00257. The van der Waals surface area contributed by atoms with Crippen molar-refractivity contribution >= 4 is 17.9 Å². The van der Waals surface area contributed by atoms with Crippen LogP contribution < -0.4 is 11.5 Å². The van der Waals surface area contributed by atoms with Gasteiger partial charge in [-0.2, -0.15) is 0 Å². The van der Waals surface area contributed by atoms with Crippen molar-refractivity contribution in [1.29, 1.82) is 0 Å². The molecule has 0 aliphatic heterocycles. The summed E-state index contributed by atoms with van der Waals surface area (Å²) in [6.07, 6.45) is 0.0289. The van der Waals surface area contributed by atoms with Gasteiger partial charge in [0.15, 0.2) is 0 Å². The van der Waals surface area contributed by atoms with Gasteiger partial charge in [0.1, 0.15) is 0 Å². The summed E-state index contributed by atoms with van der Waals surface area (Å²) in [5.74, 6) is -1.47. The van der Waals surface area contributed by atoms with Gasteiger partial charge in [0.25, 0.3) is 0 Å². The highest BCUT2D eigenvalue weighted by molar-refractivity contribution is 5.88. The second-order valence-electron chi connectivity index (χ2n) is 2.47. The van der Waals surface area contributed by atoms with E-state index in [9.17, 15) is 14.4 Å². The Balaban J connectivity index is 3.95. The lowest BCUT2D eigenvalue weighted by molar-refractivity contribution is -0.140. The second-order valence-corrected chi connectivity index (χ2v) is 2.47. The Kier molecular flexibility index (Phi) is 5.31. The van der Waals surface area contributed by atoms with Crippen LogP contribution in [0.1, 0.15) is 12.8 Å². The van der Waals surface area contributed by atoms with E-state index in [1.165, 1.54) is 0 Å². The fourth-order valence-electron chi connectivity index (χ4n) is 0.538. The Labute approximate surface area is 84.9 Å². The maximum Gasteiger partial charge on any atom is 0.363 e. The average Bonchev–Trinajstić information content (AvgIpc) is 2.13. The molecule has 0 bridgehead atoms. The van der Waals surface area contributed by atoms with Crippen molar-refractivity contribution in [3.05, 3.63) is 12.2 Å². The first kappa shape index (κ1) is 12.8. The average molecular weight is 214 g/mol. The Morgan fingerprint density at radius 2 is 1.80 bits per heavy atom. The van der Waals surface area contributed by atoms with Crippen molar-refractivity contribution in [3.63, 3.8) is 0 Å². The normalized spacial score (nSPS) is 9.87. The van der Waals surface area contributed by atoms with E-state index in [0.29, 0.717) is 0 Å². The molecule has 0 fully saturated rings. The molecule has 0 radical (unpaired) electrons. The zero-order valence-electron chi connectivity index (χ0n) is 7.80. The van der Waals surface area contributed by atoms with Crippen LogP contribution in [0, 0.1) is 0 Å². The molecular formula is C7H10N4O4. The molecule has 0 spiro atoms. The number of hydrogen-bond donors (Lipinski definition) is 2. The van der Waals surface area contributed by atoms with Crippen molar-refractivity contribution in [1.82, 2.24) is 0 Å². The molecule has 82 valence electrons. The molecule has 0 aromatic rings. The maximum atomic E-state index is 11.0. The molecule has 0 unspecified atom stereocenters. The van der Waals surface area contributed by atoms with Gasteiger partial charge in [-0.05, 0) is 6.42 Å². The van der Waals surface area contributed by atoms with Crippen molar-refractivity contribution in [2.75, 3.05) is 0 Å². The standard InChI is InChI=1S/C7H10N4O4/c1-4(2-3-5(8)12)6(13)15-11-10-7(9)14/h1-3H2,(H2,8,12)(H2,9,14). The van der Waals surface area contributed by atoms with Crippen LogP contribution in [-0.2, 0) is 14.4 Å². The van der Waals surface area contributed by atoms with E-state index >= 15 is 0 Å². The molecule has 3 amide bonds. The summed E-state index contributed by atoms with van der Waals surface area (Å²) in [4.78, 5) is 35.5. The molecule has 0 saturated heterocycles. The number of carbonyl (C=O) groups excluding carboxylic acids is 3. The molecular weight excluding hydrogens is 204 g/mol. The van der Waals surface area contributed by atoms with Gasteiger partial charge in [0, 0.05) is 17.3 Å². The minimum Gasteiger partial charge on any atom is -0.370 e. The molecule has 8 heteroatoms. The third kappa shape index (κ3) is 6.87. The van der Waals surface area contributed by atoms with Gasteiger partial charge >= 0.3 is 12.0 Å². The van der Waals surface area contributed by atoms with E-state index in [-0.39, 0.29) is 18.4 Å². The van der Waals surface area contributed by atoms with Crippen molar-refractivity contribution in [2.24, 2.45) is 21.9 Å². The quantitative estimate of drug-likeness (QED) is 0.371. The number of hydrogen-bond acceptors (Lipinski definition) is 5. The Morgan fingerprint density at radius 3 is 2.27 bits per heavy atom. The molecule has 0 aromatic carbocycles. The first-order valence-electron chi connectivity index (χ1n) is 3.81. The van der Waals surface area contributed by atoms with Crippen LogP contribution >= 0.6 is 0 Å². The van der Waals surface area contributed by atoms with E-state index in [1.54, 1.807) is 0 Å². The molecule has 0 atom stereocenters. The zero-order valence-corrected chi connectivity index (χ0v) is 7.80. The third-order valence-electron chi connectivity index (χ3n) is 1.22. The summed E-state index contributed by atoms with van der Waals surface area (Å²) < 4.78 is 0. The van der Waals surface area contributed by atoms with E-state index in [4.69, 9.17) is 5.73 Å². The summed E-state index contributed by atoms with van der Waals surface area (Å²) in [7, 11) is 0. The van der Waals surface area contributed by atoms with E-state index in [1.807, 2.05) is 0 Å². The number of amides is 3. The van der Waals surface area contributed by atoms with Crippen LogP contribution in [0.5, 0.6) is 0 Å². The summed E-state index contributed by atoms with van der Waals surface area (Å²) in [6.45, 7) is 3.32. The van der Waals surface area contributed by atoms with Crippen molar-refractivity contribution < 1.29 is 19.2 Å². The topological polar surface area (TPSA) is 137 Å². The largest absolute Gasteiger partial charge is 0.370 e. The van der Waals surface area contributed by atoms with Gasteiger partial charge in [-0.15, -0.1) is 0 Å². The highest BCUT2D eigenvalue weighted by Crippen LogP contribution is 2.04. The number of carbonyl (C=O) groups is 3. The number of nitrogens with zero attached hydrogens (tertiary/aromatic N) is 2. The van der Waals surface area contributed by atoms with Crippen molar-refractivity contribution in [2.45, 2.75) is 12.8 Å². The summed E-state index contributed by atoms with van der Waals surface area (Å²) in [5.41, 5.74) is 9.42. The van der Waals surface area contributed by atoms with Crippen molar-refractivity contribution in [3.8, 4) is 0 Å². The van der Waals surface area contributed by atoms with Gasteiger partial charge < -0.3 is 11.5 Å². The molecule has 0 saturated carbocycles. The fraction of sp³-hybridized carbons (Fsp3) is 0.286. The molecule has 8 nitrogen and oxygen atoms in total. The Hall–Kier alpha value is -2.25. The van der Waals surface area contributed by atoms with E-state index < -0.39 is 17.9 Å². The Morgan fingerprint density at radius 1 is 1.20 bits per heavy atom. The lowest BCUT2D eigenvalue weighted by Crippen LogP contribution is -2.12. The monoisotopic (exact) mass is 214 g/mol. The first-order chi connectivity index (χ1) is 6.93. The lowest BCUT2D eigenvalue weighted by atomic mass is 10.1. The molecule has 0 aliphatic rings. The molecule has 0 aliphatic carbocycles. The molecule has 0 heterocycles. The minimum atomic E-state index is -1.09. The second kappa shape index (κ2) is 6.24. The molecule has 0 aromatic heterocycles. The van der Waals surface area contributed by atoms with Gasteiger partial charge in [-0.3, -0.25) is 9.63 Å². The number of rotatable bonds is 5. The number of nitrogens with two attached hydrogens (primary N) is 2. The third-order valence-corrected chi connectivity index (χ3v) is 1.22. The molecule has 15 heavy (non-hydrogen) atoms. The first-order valence-corrected chi connectivity index (χ1v) is 3.81. The fourth-order valence-corrected chi connectivity index (χ4v) is 0.538. The van der Waals surface area contributed by atoms with Crippen LogP contribution in [0.15, 0.2) is 22.5 Å². The van der Waals surface area contributed by atoms with Crippen LogP contribution in [0.2, 0.25) is 0 Å². The van der Waals surface area contributed by atoms with Crippen LogP contribution in [0.25, 0.3) is 0 Å². The summed E-state index contributed by atoms with van der Waals surface area (Å²) >= 11 is 0. The molecule has 0 rings (SSSR count). The number of primary amides is 2. The highest BCUT2D eigenvalue weighted by atomic mass is 16.7.